The second-order valence-corrected chi connectivity index (χ2v) is 5.26. The summed E-state index contributed by atoms with van der Waals surface area (Å²) in [5.74, 6) is 1.74. The van der Waals surface area contributed by atoms with Gasteiger partial charge in [-0.1, -0.05) is 11.6 Å². The number of ether oxygens (including phenoxy) is 2. The van der Waals surface area contributed by atoms with E-state index >= 15 is 0 Å². The van der Waals surface area contributed by atoms with Crippen molar-refractivity contribution in [3.05, 3.63) is 34.1 Å². The van der Waals surface area contributed by atoms with Crippen molar-refractivity contribution in [1.29, 1.82) is 0 Å². The van der Waals surface area contributed by atoms with Crippen LogP contribution < -0.4 is 14.8 Å². The van der Waals surface area contributed by atoms with E-state index in [1.54, 1.807) is 20.3 Å². The number of fused-ring (bicyclic) bond motifs is 1. The molecule has 0 spiro atoms. The Labute approximate surface area is 128 Å². The van der Waals surface area contributed by atoms with Crippen molar-refractivity contribution >= 4 is 11.6 Å². The molecule has 2 heterocycles. The van der Waals surface area contributed by atoms with Gasteiger partial charge in [0.05, 0.1) is 24.9 Å². The van der Waals surface area contributed by atoms with Crippen LogP contribution in [-0.4, -0.2) is 24.2 Å². The molecular formula is C15H16ClN3O2. The first-order valence-corrected chi connectivity index (χ1v) is 7.01. The van der Waals surface area contributed by atoms with E-state index < -0.39 is 0 Å². The summed E-state index contributed by atoms with van der Waals surface area (Å²) >= 11 is 6.25. The standard InChI is InChI=1S/C15H16ClN3O2/c1-8-10-6-17-7-12(10)19-15(18-8)9-4-11(16)14(21-3)13(5-9)20-2/h4-5,17H,6-7H2,1-3H3. The number of nitrogens with zero attached hydrogens (tertiary/aromatic N) is 2. The monoisotopic (exact) mass is 305 g/mol. The Morgan fingerprint density at radius 3 is 2.67 bits per heavy atom. The lowest BCUT2D eigenvalue weighted by atomic mass is 10.1. The van der Waals surface area contributed by atoms with E-state index in [9.17, 15) is 0 Å². The summed E-state index contributed by atoms with van der Waals surface area (Å²) in [6.07, 6.45) is 0. The Morgan fingerprint density at radius 2 is 1.95 bits per heavy atom. The third-order valence-electron chi connectivity index (χ3n) is 3.59. The Bertz CT molecular complexity index is 704. The van der Waals surface area contributed by atoms with Crippen LogP contribution in [0.3, 0.4) is 0 Å². The van der Waals surface area contributed by atoms with Crippen LogP contribution in [0.15, 0.2) is 12.1 Å². The van der Waals surface area contributed by atoms with Crippen LogP contribution in [0.4, 0.5) is 0 Å². The fourth-order valence-electron chi connectivity index (χ4n) is 2.51. The molecule has 0 saturated carbocycles. The number of aromatic nitrogens is 2. The molecule has 1 aromatic heterocycles. The van der Waals surface area contributed by atoms with E-state index in [0.29, 0.717) is 22.3 Å². The minimum Gasteiger partial charge on any atom is -0.493 e. The highest BCUT2D eigenvalue weighted by Crippen LogP contribution is 2.38. The van der Waals surface area contributed by atoms with Crippen molar-refractivity contribution in [3.63, 3.8) is 0 Å². The number of benzene rings is 1. The fraction of sp³-hybridized carbons (Fsp3) is 0.333. The zero-order valence-corrected chi connectivity index (χ0v) is 12.9. The summed E-state index contributed by atoms with van der Waals surface area (Å²) in [6.45, 7) is 3.60. The van der Waals surface area contributed by atoms with Crippen LogP contribution in [0, 0.1) is 6.92 Å². The van der Waals surface area contributed by atoms with Gasteiger partial charge in [0.1, 0.15) is 0 Å². The van der Waals surface area contributed by atoms with Gasteiger partial charge in [0.2, 0.25) is 0 Å². The lowest BCUT2D eigenvalue weighted by Crippen LogP contribution is -2.00. The van der Waals surface area contributed by atoms with Crippen molar-refractivity contribution in [2.45, 2.75) is 20.0 Å². The molecule has 1 N–H and O–H groups in total. The summed E-state index contributed by atoms with van der Waals surface area (Å²) in [7, 11) is 3.14. The van der Waals surface area contributed by atoms with E-state index in [2.05, 4.69) is 15.3 Å². The molecule has 3 rings (SSSR count). The summed E-state index contributed by atoms with van der Waals surface area (Å²) in [6, 6.07) is 3.64. The van der Waals surface area contributed by atoms with Crippen LogP contribution in [0.2, 0.25) is 5.02 Å². The molecule has 21 heavy (non-hydrogen) atoms. The van der Waals surface area contributed by atoms with Crippen molar-refractivity contribution < 1.29 is 9.47 Å². The molecule has 1 aliphatic rings. The number of hydrogen-bond donors (Lipinski definition) is 1. The van der Waals surface area contributed by atoms with Gasteiger partial charge in [0, 0.05) is 29.9 Å². The van der Waals surface area contributed by atoms with Crippen molar-refractivity contribution in [2.24, 2.45) is 0 Å². The average molecular weight is 306 g/mol. The van der Waals surface area contributed by atoms with Crippen LogP contribution in [-0.2, 0) is 13.1 Å². The lowest BCUT2D eigenvalue weighted by molar-refractivity contribution is 0.355. The second kappa shape index (κ2) is 5.50. The van der Waals surface area contributed by atoms with Gasteiger partial charge in [0.15, 0.2) is 17.3 Å². The molecular weight excluding hydrogens is 290 g/mol. The summed E-state index contributed by atoms with van der Waals surface area (Å²) in [5.41, 5.74) is 4.04. The van der Waals surface area contributed by atoms with E-state index in [1.807, 2.05) is 13.0 Å². The second-order valence-electron chi connectivity index (χ2n) is 4.86. The number of nitrogens with one attached hydrogen (secondary N) is 1. The zero-order chi connectivity index (χ0) is 15.0. The molecule has 0 aliphatic carbocycles. The van der Waals surface area contributed by atoms with Gasteiger partial charge in [-0.25, -0.2) is 9.97 Å². The number of methoxy groups -OCH3 is 2. The third kappa shape index (κ3) is 2.43. The summed E-state index contributed by atoms with van der Waals surface area (Å²) in [4.78, 5) is 9.21. The first-order valence-electron chi connectivity index (χ1n) is 6.63. The van der Waals surface area contributed by atoms with E-state index in [0.717, 1.165) is 30.0 Å². The molecule has 0 atom stereocenters. The maximum atomic E-state index is 6.25. The average Bonchev–Trinajstić information content (AvgIpc) is 2.95. The maximum absolute atomic E-state index is 6.25. The highest BCUT2D eigenvalue weighted by Gasteiger charge is 2.19. The molecule has 0 bridgehead atoms. The largest absolute Gasteiger partial charge is 0.493 e. The fourth-order valence-corrected chi connectivity index (χ4v) is 2.80. The van der Waals surface area contributed by atoms with Crippen LogP contribution in [0.5, 0.6) is 11.5 Å². The minimum absolute atomic E-state index is 0.478. The van der Waals surface area contributed by atoms with Gasteiger partial charge in [-0.3, -0.25) is 0 Å². The molecule has 6 heteroatoms. The Kier molecular flexibility index (Phi) is 3.69. The molecule has 1 aromatic carbocycles. The van der Waals surface area contributed by atoms with Gasteiger partial charge < -0.3 is 14.8 Å². The molecule has 110 valence electrons. The van der Waals surface area contributed by atoms with Crippen LogP contribution in [0.1, 0.15) is 17.0 Å². The number of hydrogen-bond acceptors (Lipinski definition) is 5. The number of rotatable bonds is 3. The highest BCUT2D eigenvalue weighted by molar-refractivity contribution is 6.32. The predicted octanol–water partition coefficient (Wildman–Crippen LogP) is 2.73. The van der Waals surface area contributed by atoms with Gasteiger partial charge in [-0.2, -0.15) is 0 Å². The van der Waals surface area contributed by atoms with Gasteiger partial charge in [-0.05, 0) is 19.1 Å². The predicted molar refractivity (Wildman–Crippen MR) is 80.9 cm³/mol. The molecule has 0 amide bonds. The Balaban J connectivity index is 2.13. The first-order chi connectivity index (χ1) is 10.1. The third-order valence-corrected chi connectivity index (χ3v) is 3.87. The normalized spacial score (nSPS) is 13.1. The number of halogens is 1. The lowest BCUT2D eigenvalue weighted by Gasteiger charge is -2.12. The van der Waals surface area contributed by atoms with Crippen molar-refractivity contribution in [2.75, 3.05) is 14.2 Å². The zero-order valence-electron chi connectivity index (χ0n) is 12.2. The van der Waals surface area contributed by atoms with Crippen LogP contribution in [0.25, 0.3) is 11.4 Å². The molecule has 2 aromatic rings. The molecule has 5 nitrogen and oxygen atoms in total. The minimum atomic E-state index is 0.478. The molecule has 0 unspecified atom stereocenters. The molecule has 1 aliphatic heterocycles. The summed E-state index contributed by atoms with van der Waals surface area (Å²) in [5, 5.41) is 3.76. The first kappa shape index (κ1) is 14.1. The summed E-state index contributed by atoms with van der Waals surface area (Å²) < 4.78 is 10.6. The molecule has 0 radical (unpaired) electrons. The SMILES string of the molecule is COc1cc(-c2nc(C)c3c(n2)CNC3)cc(Cl)c1OC. The van der Waals surface area contributed by atoms with Crippen molar-refractivity contribution in [1.82, 2.24) is 15.3 Å². The van der Waals surface area contributed by atoms with E-state index in [1.165, 1.54) is 5.56 Å². The van der Waals surface area contributed by atoms with Gasteiger partial charge >= 0.3 is 0 Å². The topological polar surface area (TPSA) is 56.3 Å². The van der Waals surface area contributed by atoms with Crippen molar-refractivity contribution in [3.8, 4) is 22.9 Å². The molecule has 0 fully saturated rings. The van der Waals surface area contributed by atoms with E-state index in [-0.39, 0.29) is 0 Å². The van der Waals surface area contributed by atoms with Gasteiger partial charge in [0.25, 0.3) is 0 Å². The van der Waals surface area contributed by atoms with E-state index in [4.69, 9.17) is 21.1 Å². The molecule has 0 saturated heterocycles. The van der Waals surface area contributed by atoms with Gasteiger partial charge in [-0.15, -0.1) is 0 Å². The highest BCUT2D eigenvalue weighted by atomic mass is 35.5. The Morgan fingerprint density at radius 1 is 1.14 bits per heavy atom. The smallest absolute Gasteiger partial charge is 0.179 e. The Hall–Kier alpha value is -1.85. The quantitative estimate of drug-likeness (QED) is 0.945. The maximum Gasteiger partial charge on any atom is 0.179 e. The number of aryl methyl sites for hydroxylation is 1. The van der Waals surface area contributed by atoms with Crippen LogP contribution >= 0.6 is 11.6 Å².